The van der Waals surface area contributed by atoms with Crippen molar-refractivity contribution in [2.75, 3.05) is 65.0 Å². The van der Waals surface area contributed by atoms with E-state index in [0.717, 1.165) is 74.8 Å². The summed E-state index contributed by atoms with van der Waals surface area (Å²) < 4.78 is 11.0. The quantitative estimate of drug-likeness (QED) is 0.322. The number of aliphatic imine (C=N–C) groups is 1. The molecule has 1 unspecified atom stereocenters. The van der Waals surface area contributed by atoms with Gasteiger partial charge in [0.05, 0.1) is 26.0 Å². The fraction of sp³-hybridized carbons (Fsp3) is 0.667. The zero-order chi connectivity index (χ0) is 20.9. The third-order valence-electron chi connectivity index (χ3n) is 5.79. The van der Waals surface area contributed by atoms with Crippen molar-refractivity contribution in [1.82, 2.24) is 15.5 Å². The minimum Gasteiger partial charge on any atom is -0.495 e. The van der Waals surface area contributed by atoms with Gasteiger partial charge in [-0.25, -0.2) is 0 Å². The Balaban J connectivity index is 0.00000320. The van der Waals surface area contributed by atoms with Gasteiger partial charge in [-0.2, -0.15) is 0 Å². The normalized spacial score (nSPS) is 20.6. The Labute approximate surface area is 202 Å². The van der Waals surface area contributed by atoms with Crippen molar-refractivity contribution < 1.29 is 9.47 Å². The number of nitrogens with one attached hydrogen (secondary N) is 2. The third kappa shape index (κ3) is 6.51. The molecule has 2 heterocycles. The van der Waals surface area contributed by atoms with Gasteiger partial charge in [-0.15, -0.1) is 24.0 Å². The van der Waals surface area contributed by atoms with Crippen LogP contribution in [0.2, 0.25) is 5.02 Å². The van der Waals surface area contributed by atoms with Gasteiger partial charge < -0.3 is 25.0 Å². The second kappa shape index (κ2) is 11.6. The van der Waals surface area contributed by atoms with Gasteiger partial charge in [0.15, 0.2) is 5.96 Å². The average molecular weight is 552 g/mol. The van der Waals surface area contributed by atoms with Crippen molar-refractivity contribution in [2.24, 2.45) is 4.99 Å². The lowest BCUT2D eigenvalue weighted by Gasteiger charge is -2.41. The summed E-state index contributed by atoms with van der Waals surface area (Å²) in [5, 5.41) is 7.81. The standard InChI is InChI=1S/C21H34ClN5O2.HI/c1-21(2,27-9-11-29-12-10-27)15-24-20(23-3)25-17-7-8-26(14-17)18-13-16(22)5-6-19(18)28-4;/h5-6,13,17H,7-12,14-15H2,1-4H3,(H2,23,24,25);1H. The molecule has 0 radical (unpaired) electrons. The summed E-state index contributed by atoms with van der Waals surface area (Å²) in [7, 11) is 3.52. The molecule has 30 heavy (non-hydrogen) atoms. The molecule has 2 aliphatic rings. The number of anilines is 1. The van der Waals surface area contributed by atoms with Gasteiger partial charge in [0, 0.05) is 56.4 Å². The monoisotopic (exact) mass is 551 g/mol. The van der Waals surface area contributed by atoms with Crippen LogP contribution in [0, 0.1) is 0 Å². The van der Waals surface area contributed by atoms with Crippen LogP contribution < -0.4 is 20.3 Å². The van der Waals surface area contributed by atoms with E-state index in [0.29, 0.717) is 6.04 Å². The fourth-order valence-electron chi connectivity index (χ4n) is 3.98. The predicted octanol–water partition coefficient (Wildman–Crippen LogP) is 2.82. The van der Waals surface area contributed by atoms with Crippen LogP contribution >= 0.6 is 35.6 Å². The molecule has 2 saturated heterocycles. The molecule has 0 aliphatic carbocycles. The number of ether oxygens (including phenoxy) is 2. The van der Waals surface area contributed by atoms with Crippen molar-refractivity contribution in [3.05, 3.63) is 23.2 Å². The fourth-order valence-corrected chi connectivity index (χ4v) is 4.14. The average Bonchev–Trinajstić information content (AvgIpc) is 3.20. The first kappa shape index (κ1) is 25.3. The lowest BCUT2D eigenvalue weighted by molar-refractivity contribution is -0.00834. The van der Waals surface area contributed by atoms with Crippen LogP contribution in [0.15, 0.2) is 23.2 Å². The summed E-state index contributed by atoms with van der Waals surface area (Å²) >= 11 is 6.20. The first-order valence-electron chi connectivity index (χ1n) is 10.3. The second-order valence-electron chi connectivity index (χ2n) is 8.23. The van der Waals surface area contributed by atoms with Crippen molar-refractivity contribution in [2.45, 2.75) is 31.8 Å². The largest absolute Gasteiger partial charge is 0.495 e. The van der Waals surface area contributed by atoms with Crippen LogP contribution in [0.3, 0.4) is 0 Å². The Morgan fingerprint density at radius 3 is 2.70 bits per heavy atom. The lowest BCUT2D eigenvalue weighted by atomic mass is 10.0. The summed E-state index contributed by atoms with van der Waals surface area (Å²) in [4.78, 5) is 9.22. The van der Waals surface area contributed by atoms with Gasteiger partial charge in [0.2, 0.25) is 0 Å². The summed E-state index contributed by atoms with van der Waals surface area (Å²) in [5.41, 5.74) is 1.08. The summed E-state index contributed by atoms with van der Waals surface area (Å²) in [5.74, 6) is 1.70. The predicted molar refractivity (Wildman–Crippen MR) is 135 cm³/mol. The smallest absolute Gasteiger partial charge is 0.191 e. The van der Waals surface area contributed by atoms with E-state index in [4.69, 9.17) is 21.1 Å². The number of halogens is 2. The molecule has 0 saturated carbocycles. The number of hydrogen-bond acceptors (Lipinski definition) is 5. The van der Waals surface area contributed by atoms with E-state index in [9.17, 15) is 0 Å². The molecule has 7 nitrogen and oxygen atoms in total. The number of morpholine rings is 1. The number of nitrogens with zero attached hydrogens (tertiary/aromatic N) is 3. The number of hydrogen-bond donors (Lipinski definition) is 2. The summed E-state index contributed by atoms with van der Waals surface area (Å²) in [6.45, 7) is 10.7. The van der Waals surface area contributed by atoms with E-state index in [-0.39, 0.29) is 29.5 Å². The first-order chi connectivity index (χ1) is 13.9. The minimum atomic E-state index is 0. The van der Waals surface area contributed by atoms with E-state index < -0.39 is 0 Å². The second-order valence-corrected chi connectivity index (χ2v) is 8.67. The van der Waals surface area contributed by atoms with E-state index in [2.05, 4.69) is 39.3 Å². The molecule has 1 aromatic rings. The van der Waals surface area contributed by atoms with Crippen LogP contribution in [0.4, 0.5) is 5.69 Å². The molecule has 170 valence electrons. The molecule has 2 fully saturated rings. The van der Waals surface area contributed by atoms with E-state index in [1.165, 1.54) is 0 Å². The minimum absolute atomic E-state index is 0. The molecule has 0 bridgehead atoms. The molecule has 2 N–H and O–H groups in total. The molecule has 2 aliphatic heterocycles. The maximum absolute atomic E-state index is 6.20. The van der Waals surface area contributed by atoms with Crippen molar-refractivity contribution in [3.8, 4) is 5.75 Å². The first-order valence-corrected chi connectivity index (χ1v) is 10.7. The third-order valence-corrected chi connectivity index (χ3v) is 6.02. The highest BCUT2D eigenvalue weighted by Crippen LogP contribution is 2.33. The van der Waals surface area contributed by atoms with Gasteiger partial charge in [0.1, 0.15) is 5.75 Å². The van der Waals surface area contributed by atoms with Crippen molar-refractivity contribution in [1.29, 1.82) is 0 Å². The van der Waals surface area contributed by atoms with Gasteiger partial charge in [-0.3, -0.25) is 9.89 Å². The highest BCUT2D eigenvalue weighted by atomic mass is 127. The molecular formula is C21H35ClIN5O2. The van der Waals surface area contributed by atoms with Crippen LogP contribution in [0.25, 0.3) is 0 Å². The molecule has 9 heteroatoms. The lowest BCUT2D eigenvalue weighted by Crippen LogP contribution is -2.57. The summed E-state index contributed by atoms with van der Waals surface area (Å²) in [6, 6.07) is 6.07. The SMILES string of the molecule is CN=C(NCC(C)(C)N1CCOCC1)NC1CCN(c2cc(Cl)ccc2OC)C1.I. The molecule has 0 aromatic heterocycles. The Bertz CT molecular complexity index is 713. The highest BCUT2D eigenvalue weighted by molar-refractivity contribution is 14.0. The molecule has 1 atom stereocenters. The number of methoxy groups -OCH3 is 1. The Hall–Kier alpha value is -0.970. The Morgan fingerprint density at radius 1 is 1.30 bits per heavy atom. The van der Waals surface area contributed by atoms with Gasteiger partial charge in [-0.05, 0) is 38.5 Å². The molecule has 0 amide bonds. The summed E-state index contributed by atoms with van der Waals surface area (Å²) in [6.07, 6.45) is 1.03. The Kier molecular flexibility index (Phi) is 9.77. The maximum Gasteiger partial charge on any atom is 0.191 e. The Morgan fingerprint density at radius 2 is 2.03 bits per heavy atom. The van der Waals surface area contributed by atoms with Crippen LogP contribution in [0.1, 0.15) is 20.3 Å². The zero-order valence-corrected chi connectivity index (χ0v) is 21.5. The van der Waals surface area contributed by atoms with Gasteiger partial charge in [-0.1, -0.05) is 11.6 Å². The molecule has 0 spiro atoms. The van der Waals surface area contributed by atoms with E-state index >= 15 is 0 Å². The number of guanidine groups is 1. The van der Waals surface area contributed by atoms with Crippen molar-refractivity contribution in [3.63, 3.8) is 0 Å². The molecular weight excluding hydrogens is 517 g/mol. The highest BCUT2D eigenvalue weighted by Gasteiger charge is 2.29. The van der Waals surface area contributed by atoms with Crippen LogP contribution in [-0.4, -0.2) is 82.5 Å². The molecule has 3 rings (SSSR count). The van der Waals surface area contributed by atoms with Crippen LogP contribution in [0.5, 0.6) is 5.75 Å². The van der Waals surface area contributed by atoms with E-state index in [1.54, 1.807) is 7.11 Å². The topological polar surface area (TPSA) is 61.4 Å². The molecule has 1 aromatic carbocycles. The number of rotatable bonds is 6. The van der Waals surface area contributed by atoms with Gasteiger partial charge >= 0.3 is 0 Å². The zero-order valence-electron chi connectivity index (χ0n) is 18.4. The number of benzene rings is 1. The van der Waals surface area contributed by atoms with Crippen molar-refractivity contribution >= 4 is 47.2 Å². The van der Waals surface area contributed by atoms with E-state index in [1.807, 2.05) is 25.2 Å². The van der Waals surface area contributed by atoms with Crippen LogP contribution in [-0.2, 0) is 4.74 Å². The maximum atomic E-state index is 6.20. The van der Waals surface area contributed by atoms with Gasteiger partial charge in [0.25, 0.3) is 0 Å².